The first-order chi connectivity index (χ1) is 8.63. The molecule has 0 saturated heterocycles. The van der Waals surface area contributed by atoms with Crippen LogP contribution in [-0.4, -0.2) is 20.8 Å². The highest BCUT2D eigenvalue weighted by Gasteiger charge is 2.47. The Hall–Kier alpha value is -0.930. The summed E-state index contributed by atoms with van der Waals surface area (Å²) in [4.78, 5) is 0. The second-order valence-corrected chi connectivity index (χ2v) is 5.18. The number of nitrogens with two attached hydrogens (primary N) is 1. The number of benzene rings is 1. The first kappa shape index (κ1) is 13.5. The molecule has 2 rings (SSSR count). The topological polar surface area (TPSA) is 44.5 Å². The second-order valence-electron chi connectivity index (χ2n) is 4.80. The molecule has 18 heavy (non-hydrogen) atoms. The first-order valence-corrected chi connectivity index (χ1v) is 6.65. The average molecular weight is 270 g/mol. The van der Waals surface area contributed by atoms with Crippen LogP contribution < -0.4 is 15.2 Å². The largest absolute Gasteiger partial charge is 0.493 e. The minimum Gasteiger partial charge on any atom is -0.493 e. The van der Waals surface area contributed by atoms with Crippen molar-refractivity contribution in [2.75, 3.05) is 20.8 Å². The van der Waals surface area contributed by atoms with Gasteiger partial charge in [-0.3, -0.25) is 0 Å². The molecule has 0 aliphatic heterocycles. The lowest BCUT2D eigenvalue weighted by Crippen LogP contribution is -2.21. The van der Waals surface area contributed by atoms with Crippen molar-refractivity contribution in [3.63, 3.8) is 0 Å². The number of hydrogen-bond acceptors (Lipinski definition) is 3. The van der Waals surface area contributed by atoms with Crippen LogP contribution in [0.2, 0.25) is 5.02 Å². The highest BCUT2D eigenvalue weighted by Crippen LogP contribution is 2.56. The molecule has 0 spiro atoms. The maximum Gasteiger partial charge on any atom is 0.166 e. The van der Waals surface area contributed by atoms with E-state index in [1.165, 1.54) is 0 Å². The molecular weight excluding hydrogens is 250 g/mol. The molecule has 0 heterocycles. The highest BCUT2D eigenvalue weighted by molar-refractivity contribution is 6.32. The third-order valence-corrected chi connectivity index (χ3v) is 4.27. The van der Waals surface area contributed by atoms with E-state index in [0.29, 0.717) is 6.54 Å². The van der Waals surface area contributed by atoms with Crippen molar-refractivity contribution in [3.8, 4) is 11.5 Å². The zero-order valence-electron chi connectivity index (χ0n) is 11.2. The molecule has 1 aromatic rings. The van der Waals surface area contributed by atoms with E-state index in [9.17, 15) is 0 Å². The normalized spacial score (nSPS) is 16.5. The quantitative estimate of drug-likeness (QED) is 0.894. The first-order valence-electron chi connectivity index (χ1n) is 6.27. The highest BCUT2D eigenvalue weighted by atomic mass is 35.5. The van der Waals surface area contributed by atoms with Crippen molar-refractivity contribution in [3.05, 3.63) is 22.2 Å². The fourth-order valence-corrected chi connectivity index (χ4v) is 2.94. The standard InChI is InChI=1S/C14H20ClNO2/c1-4-9-7-10(17-2)13(18-3)11(12(9)15)14(8-16)5-6-14/h7H,4-6,8,16H2,1-3H3. The summed E-state index contributed by atoms with van der Waals surface area (Å²) in [6.07, 6.45) is 3.00. The number of rotatable bonds is 5. The molecule has 1 fully saturated rings. The van der Waals surface area contributed by atoms with Crippen molar-refractivity contribution < 1.29 is 9.47 Å². The van der Waals surface area contributed by atoms with Gasteiger partial charge in [0.25, 0.3) is 0 Å². The van der Waals surface area contributed by atoms with Gasteiger partial charge in [0.1, 0.15) is 0 Å². The van der Waals surface area contributed by atoms with E-state index >= 15 is 0 Å². The Balaban J connectivity index is 2.67. The van der Waals surface area contributed by atoms with Crippen molar-refractivity contribution in [2.24, 2.45) is 5.73 Å². The van der Waals surface area contributed by atoms with Gasteiger partial charge in [-0.1, -0.05) is 18.5 Å². The van der Waals surface area contributed by atoms with Crippen molar-refractivity contribution in [2.45, 2.75) is 31.6 Å². The van der Waals surface area contributed by atoms with E-state index in [-0.39, 0.29) is 5.41 Å². The number of ether oxygens (including phenoxy) is 2. The Morgan fingerprint density at radius 3 is 2.39 bits per heavy atom. The Kier molecular flexibility index (Phi) is 3.74. The molecule has 0 unspecified atom stereocenters. The smallest absolute Gasteiger partial charge is 0.166 e. The Bertz CT molecular complexity index is 456. The fourth-order valence-electron chi connectivity index (χ4n) is 2.46. The summed E-state index contributed by atoms with van der Waals surface area (Å²) in [5, 5.41) is 0.790. The van der Waals surface area contributed by atoms with Crippen LogP contribution in [0.5, 0.6) is 11.5 Å². The minimum atomic E-state index is -0.0130. The lowest BCUT2D eigenvalue weighted by molar-refractivity contribution is 0.348. The molecule has 0 amide bonds. The van der Waals surface area contributed by atoms with Gasteiger partial charge in [-0.15, -0.1) is 0 Å². The molecule has 2 N–H and O–H groups in total. The third-order valence-electron chi connectivity index (χ3n) is 3.84. The van der Waals surface area contributed by atoms with Gasteiger partial charge in [0.2, 0.25) is 0 Å². The van der Waals surface area contributed by atoms with Gasteiger partial charge < -0.3 is 15.2 Å². The SMILES string of the molecule is CCc1cc(OC)c(OC)c(C2(CN)CC2)c1Cl. The van der Waals surface area contributed by atoms with Gasteiger partial charge in [-0.25, -0.2) is 0 Å². The molecule has 4 heteroatoms. The predicted octanol–water partition coefficient (Wildman–Crippen LogP) is 2.91. The molecule has 0 atom stereocenters. The summed E-state index contributed by atoms with van der Waals surface area (Å²) in [7, 11) is 3.30. The summed E-state index contributed by atoms with van der Waals surface area (Å²) >= 11 is 6.53. The monoisotopic (exact) mass is 269 g/mol. The van der Waals surface area contributed by atoms with Crippen LogP contribution in [0.3, 0.4) is 0 Å². The Morgan fingerprint density at radius 2 is 2.00 bits per heavy atom. The molecule has 100 valence electrons. The van der Waals surface area contributed by atoms with Crippen LogP contribution in [0.4, 0.5) is 0 Å². The van der Waals surface area contributed by atoms with Gasteiger partial charge in [0.05, 0.1) is 19.2 Å². The van der Waals surface area contributed by atoms with Crippen molar-refractivity contribution in [1.82, 2.24) is 0 Å². The van der Waals surface area contributed by atoms with Crippen molar-refractivity contribution in [1.29, 1.82) is 0 Å². The lowest BCUT2D eigenvalue weighted by Gasteiger charge is -2.22. The maximum atomic E-state index is 6.53. The van der Waals surface area contributed by atoms with Crippen LogP contribution >= 0.6 is 11.6 Å². The summed E-state index contributed by atoms with van der Waals surface area (Å²) < 4.78 is 10.9. The Morgan fingerprint density at radius 1 is 1.33 bits per heavy atom. The van der Waals surface area contributed by atoms with Crippen LogP contribution in [0.25, 0.3) is 0 Å². The van der Waals surface area contributed by atoms with Crippen LogP contribution in [-0.2, 0) is 11.8 Å². The van der Waals surface area contributed by atoms with E-state index < -0.39 is 0 Å². The molecule has 1 aliphatic rings. The molecule has 0 radical (unpaired) electrons. The summed E-state index contributed by atoms with van der Waals surface area (Å²) in [5.74, 6) is 1.48. The Labute approximate surface area is 113 Å². The van der Waals surface area contributed by atoms with E-state index in [1.807, 2.05) is 6.07 Å². The van der Waals surface area contributed by atoms with Gasteiger partial charge in [-0.2, -0.15) is 0 Å². The average Bonchev–Trinajstić information content (AvgIpc) is 3.18. The molecule has 1 aromatic carbocycles. The molecule has 1 aliphatic carbocycles. The van der Waals surface area contributed by atoms with Gasteiger partial charge in [-0.05, 0) is 30.9 Å². The molecule has 0 bridgehead atoms. The number of aryl methyl sites for hydroxylation is 1. The van der Waals surface area contributed by atoms with Crippen LogP contribution in [0.1, 0.15) is 30.9 Å². The molecule has 1 saturated carbocycles. The molecular formula is C14H20ClNO2. The van der Waals surface area contributed by atoms with Gasteiger partial charge in [0, 0.05) is 17.5 Å². The zero-order valence-corrected chi connectivity index (χ0v) is 11.9. The zero-order chi connectivity index (χ0) is 13.3. The minimum absolute atomic E-state index is 0.0130. The summed E-state index contributed by atoms with van der Waals surface area (Å²) in [6.45, 7) is 2.68. The number of hydrogen-bond donors (Lipinski definition) is 1. The maximum absolute atomic E-state index is 6.53. The lowest BCUT2D eigenvalue weighted by atomic mass is 9.92. The fraction of sp³-hybridized carbons (Fsp3) is 0.571. The molecule has 3 nitrogen and oxygen atoms in total. The second kappa shape index (κ2) is 4.98. The van der Waals surface area contributed by atoms with E-state index in [1.54, 1.807) is 14.2 Å². The van der Waals surface area contributed by atoms with Crippen LogP contribution in [0.15, 0.2) is 6.07 Å². The van der Waals surface area contributed by atoms with E-state index in [4.69, 9.17) is 26.8 Å². The van der Waals surface area contributed by atoms with Crippen molar-refractivity contribution >= 4 is 11.6 Å². The van der Waals surface area contributed by atoms with E-state index in [2.05, 4.69) is 6.92 Å². The van der Waals surface area contributed by atoms with Gasteiger partial charge >= 0.3 is 0 Å². The third kappa shape index (κ3) is 1.95. The molecule has 0 aromatic heterocycles. The van der Waals surface area contributed by atoms with E-state index in [0.717, 1.165) is 46.9 Å². The number of halogens is 1. The number of methoxy groups -OCH3 is 2. The van der Waals surface area contributed by atoms with Crippen LogP contribution in [0, 0.1) is 0 Å². The predicted molar refractivity (Wildman–Crippen MR) is 73.9 cm³/mol. The van der Waals surface area contributed by atoms with Gasteiger partial charge in [0.15, 0.2) is 11.5 Å². The summed E-state index contributed by atoms with van der Waals surface area (Å²) in [6, 6.07) is 1.96. The summed E-state index contributed by atoms with van der Waals surface area (Å²) in [5.41, 5.74) is 8.03.